The maximum absolute atomic E-state index is 13.0. The average Bonchev–Trinajstić information content (AvgIpc) is 2.38. The molecule has 6 heteroatoms. The number of benzene rings is 1. The quantitative estimate of drug-likeness (QED) is 0.687. The van der Waals surface area contributed by atoms with Gasteiger partial charge in [0.15, 0.2) is 0 Å². The second-order valence-corrected chi connectivity index (χ2v) is 5.02. The van der Waals surface area contributed by atoms with Crippen LogP contribution >= 0.6 is 11.6 Å². The van der Waals surface area contributed by atoms with Crippen molar-refractivity contribution in [3.8, 4) is 0 Å². The van der Waals surface area contributed by atoms with Crippen LogP contribution in [0.15, 0.2) is 24.3 Å². The minimum Gasteiger partial charge on any atom is -0.467 e. The van der Waals surface area contributed by atoms with Crippen LogP contribution in [0.1, 0.15) is 19.4 Å². The lowest BCUT2D eigenvalue weighted by Crippen LogP contribution is -2.49. The van der Waals surface area contributed by atoms with Gasteiger partial charge in [-0.3, -0.25) is 4.79 Å². The van der Waals surface area contributed by atoms with Crippen LogP contribution in [0.2, 0.25) is 5.02 Å². The van der Waals surface area contributed by atoms with Crippen LogP contribution in [0.3, 0.4) is 0 Å². The molecule has 0 atom stereocenters. The zero-order chi connectivity index (χ0) is 15.3. The van der Waals surface area contributed by atoms with E-state index in [9.17, 15) is 14.0 Å². The van der Waals surface area contributed by atoms with Crippen LogP contribution < -0.4 is 5.32 Å². The van der Waals surface area contributed by atoms with Crippen molar-refractivity contribution in [2.75, 3.05) is 7.11 Å². The topological polar surface area (TPSA) is 55.4 Å². The molecule has 20 heavy (non-hydrogen) atoms. The number of ether oxygens (including phenoxy) is 1. The lowest BCUT2D eigenvalue weighted by molar-refractivity contribution is -0.148. The van der Waals surface area contributed by atoms with Crippen LogP contribution in [0.4, 0.5) is 4.39 Å². The third kappa shape index (κ3) is 4.35. The third-order valence-electron chi connectivity index (χ3n) is 2.50. The molecule has 108 valence electrons. The van der Waals surface area contributed by atoms with E-state index in [4.69, 9.17) is 11.6 Å². The van der Waals surface area contributed by atoms with E-state index in [-0.39, 0.29) is 5.02 Å². The van der Waals surface area contributed by atoms with Gasteiger partial charge in [-0.05, 0) is 37.6 Å². The van der Waals surface area contributed by atoms with E-state index >= 15 is 0 Å². The van der Waals surface area contributed by atoms with Crippen LogP contribution in [0.5, 0.6) is 0 Å². The van der Waals surface area contributed by atoms with Gasteiger partial charge in [-0.2, -0.15) is 0 Å². The molecular formula is C14H15ClFNO3. The highest BCUT2D eigenvalue weighted by Gasteiger charge is 2.29. The van der Waals surface area contributed by atoms with Gasteiger partial charge in [0.1, 0.15) is 11.4 Å². The maximum atomic E-state index is 13.0. The highest BCUT2D eigenvalue weighted by Crippen LogP contribution is 2.16. The minimum atomic E-state index is -1.13. The number of rotatable bonds is 4. The van der Waals surface area contributed by atoms with Crippen molar-refractivity contribution < 1.29 is 18.7 Å². The van der Waals surface area contributed by atoms with Crippen molar-refractivity contribution in [3.63, 3.8) is 0 Å². The summed E-state index contributed by atoms with van der Waals surface area (Å²) in [5, 5.41) is 2.47. The fourth-order valence-corrected chi connectivity index (χ4v) is 1.63. The molecule has 0 aromatic heterocycles. The average molecular weight is 300 g/mol. The Labute approximate surface area is 121 Å². The summed E-state index contributed by atoms with van der Waals surface area (Å²) in [6.45, 7) is 3.05. The third-order valence-corrected chi connectivity index (χ3v) is 2.79. The molecule has 0 saturated heterocycles. The molecule has 0 aliphatic heterocycles. The van der Waals surface area contributed by atoms with Gasteiger partial charge in [0, 0.05) is 6.08 Å². The highest BCUT2D eigenvalue weighted by molar-refractivity contribution is 6.30. The van der Waals surface area contributed by atoms with E-state index in [2.05, 4.69) is 10.1 Å². The Morgan fingerprint density at radius 2 is 2.05 bits per heavy atom. The molecule has 1 aromatic rings. The fourth-order valence-electron chi connectivity index (χ4n) is 1.44. The van der Waals surface area contributed by atoms with Gasteiger partial charge in [0.25, 0.3) is 0 Å². The molecule has 4 nitrogen and oxygen atoms in total. The Balaban J connectivity index is 2.73. The van der Waals surface area contributed by atoms with Crippen LogP contribution in [-0.4, -0.2) is 24.5 Å². The van der Waals surface area contributed by atoms with Gasteiger partial charge in [0.05, 0.1) is 12.1 Å². The normalized spacial score (nSPS) is 11.4. The molecule has 0 saturated carbocycles. The molecule has 1 rings (SSSR count). The summed E-state index contributed by atoms with van der Waals surface area (Å²) >= 11 is 5.63. The largest absolute Gasteiger partial charge is 0.467 e. The Hall–Kier alpha value is -1.88. The predicted molar refractivity (Wildman–Crippen MR) is 74.7 cm³/mol. The number of hydrogen-bond acceptors (Lipinski definition) is 3. The summed E-state index contributed by atoms with van der Waals surface area (Å²) < 4.78 is 17.5. The Bertz CT molecular complexity index is 555. The van der Waals surface area contributed by atoms with Crippen LogP contribution in [0.25, 0.3) is 6.08 Å². The Morgan fingerprint density at radius 1 is 1.40 bits per heavy atom. The molecule has 1 amide bonds. The van der Waals surface area contributed by atoms with Gasteiger partial charge in [-0.15, -0.1) is 0 Å². The zero-order valence-electron chi connectivity index (χ0n) is 11.4. The van der Waals surface area contributed by atoms with Crippen molar-refractivity contribution >= 4 is 29.6 Å². The van der Waals surface area contributed by atoms with Gasteiger partial charge >= 0.3 is 5.97 Å². The number of carbonyl (C=O) groups excluding carboxylic acids is 2. The molecule has 0 spiro atoms. The summed E-state index contributed by atoms with van der Waals surface area (Å²) in [6.07, 6.45) is 2.70. The van der Waals surface area contributed by atoms with E-state index in [1.54, 1.807) is 0 Å². The van der Waals surface area contributed by atoms with Crippen LogP contribution in [0, 0.1) is 5.82 Å². The Kier molecular flexibility index (Phi) is 5.27. The molecule has 0 heterocycles. The first kappa shape index (κ1) is 16.2. The summed E-state index contributed by atoms with van der Waals surface area (Å²) in [5.41, 5.74) is -0.557. The summed E-state index contributed by atoms with van der Waals surface area (Å²) in [4.78, 5) is 23.1. The predicted octanol–water partition coefficient (Wildman–Crippen LogP) is 2.56. The van der Waals surface area contributed by atoms with Gasteiger partial charge in [-0.1, -0.05) is 17.7 Å². The molecule has 0 bridgehead atoms. The molecular weight excluding hydrogens is 285 g/mol. The van der Waals surface area contributed by atoms with E-state index in [0.717, 1.165) is 0 Å². The maximum Gasteiger partial charge on any atom is 0.330 e. The second-order valence-electron chi connectivity index (χ2n) is 4.61. The van der Waals surface area contributed by atoms with Crippen molar-refractivity contribution in [3.05, 3.63) is 40.7 Å². The number of esters is 1. The number of halogens is 2. The molecule has 1 N–H and O–H groups in total. The summed E-state index contributed by atoms with van der Waals surface area (Å²) in [7, 11) is 1.24. The lowest BCUT2D eigenvalue weighted by atomic mass is 10.1. The van der Waals surface area contributed by atoms with Gasteiger partial charge in [-0.25, -0.2) is 9.18 Å². The number of hydrogen-bond donors (Lipinski definition) is 1. The minimum absolute atomic E-state index is 0.0255. The monoisotopic (exact) mass is 299 g/mol. The van der Waals surface area contributed by atoms with E-state index in [1.807, 2.05) is 0 Å². The SMILES string of the molecule is COC(=O)C(C)(C)NC(=O)/C=C\c1ccc(F)c(Cl)c1. The molecule has 0 aliphatic carbocycles. The number of amides is 1. The smallest absolute Gasteiger partial charge is 0.330 e. The summed E-state index contributed by atoms with van der Waals surface area (Å²) in [6, 6.07) is 4.08. The first-order chi connectivity index (χ1) is 9.26. The molecule has 0 aliphatic rings. The van der Waals surface area contributed by atoms with Crippen LogP contribution in [-0.2, 0) is 14.3 Å². The van der Waals surface area contributed by atoms with Gasteiger partial charge < -0.3 is 10.1 Å². The van der Waals surface area contributed by atoms with E-state index in [0.29, 0.717) is 5.56 Å². The standard InChI is InChI=1S/C14H15ClFNO3/c1-14(2,13(19)20-3)17-12(18)7-5-9-4-6-11(16)10(15)8-9/h4-8H,1-3H3,(H,17,18)/b7-5-. The first-order valence-electron chi connectivity index (χ1n) is 5.80. The number of nitrogens with one attached hydrogen (secondary N) is 1. The van der Waals surface area contributed by atoms with Crippen molar-refractivity contribution in [1.82, 2.24) is 5.32 Å². The summed E-state index contributed by atoms with van der Waals surface area (Å²) in [5.74, 6) is -1.55. The Morgan fingerprint density at radius 3 is 2.60 bits per heavy atom. The molecule has 0 radical (unpaired) electrons. The zero-order valence-corrected chi connectivity index (χ0v) is 12.1. The van der Waals surface area contributed by atoms with Gasteiger partial charge in [0.2, 0.25) is 5.91 Å². The number of carbonyl (C=O) groups is 2. The molecule has 0 unspecified atom stereocenters. The number of methoxy groups -OCH3 is 1. The van der Waals surface area contributed by atoms with Crippen molar-refractivity contribution in [2.45, 2.75) is 19.4 Å². The highest BCUT2D eigenvalue weighted by atomic mass is 35.5. The van der Waals surface area contributed by atoms with E-state index < -0.39 is 23.2 Å². The second kappa shape index (κ2) is 6.52. The lowest BCUT2D eigenvalue weighted by Gasteiger charge is -2.22. The molecule has 0 fully saturated rings. The molecule has 1 aromatic carbocycles. The van der Waals surface area contributed by atoms with Crippen molar-refractivity contribution in [1.29, 1.82) is 0 Å². The van der Waals surface area contributed by atoms with Crippen molar-refractivity contribution in [2.24, 2.45) is 0 Å². The fraction of sp³-hybridized carbons (Fsp3) is 0.286. The van der Waals surface area contributed by atoms with E-state index in [1.165, 1.54) is 51.3 Å². The first-order valence-corrected chi connectivity index (χ1v) is 6.18.